The van der Waals surface area contributed by atoms with Crippen molar-refractivity contribution in [3.8, 4) is 0 Å². The van der Waals surface area contributed by atoms with E-state index in [2.05, 4.69) is 12.2 Å². The van der Waals surface area contributed by atoms with Crippen molar-refractivity contribution in [1.29, 1.82) is 0 Å². The van der Waals surface area contributed by atoms with Gasteiger partial charge in [-0.15, -0.1) is 0 Å². The van der Waals surface area contributed by atoms with Gasteiger partial charge in [0.15, 0.2) is 0 Å². The quantitative estimate of drug-likeness (QED) is 0.682. The second-order valence-corrected chi connectivity index (χ2v) is 3.63. The maximum atomic E-state index is 5.78. The monoisotopic (exact) mass is 171 g/mol. The molecule has 1 aliphatic rings. The van der Waals surface area contributed by atoms with Crippen molar-refractivity contribution in [3.05, 3.63) is 0 Å². The normalized spacial score (nSPS) is 21.5. The average Bonchev–Trinajstić information content (AvgIpc) is 2.59. The summed E-state index contributed by atoms with van der Waals surface area (Å²) in [5.74, 6) is 0. The van der Waals surface area contributed by atoms with E-state index in [1.807, 2.05) is 7.05 Å². The fourth-order valence-corrected chi connectivity index (χ4v) is 1.71. The molecule has 0 amide bonds. The Labute approximate surface area is 75.7 Å². The lowest BCUT2D eigenvalue weighted by Crippen LogP contribution is -2.31. The van der Waals surface area contributed by atoms with Crippen LogP contribution in [0.3, 0.4) is 0 Å². The van der Waals surface area contributed by atoms with E-state index in [0.717, 1.165) is 13.0 Å². The molecule has 2 heteroatoms. The molecular formula is C10H21NO. The summed E-state index contributed by atoms with van der Waals surface area (Å²) < 4.78 is 5.78. The van der Waals surface area contributed by atoms with Crippen LogP contribution in [-0.2, 0) is 4.74 Å². The second kappa shape index (κ2) is 5.55. The fraction of sp³-hybridized carbons (Fsp3) is 1.00. The van der Waals surface area contributed by atoms with E-state index in [0.29, 0.717) is 12.1 Å². The van der Waals surface area contributed by atoms with Crippen LogP contribution in [0.2, 0.25) is 0 Å². The van der Waals surface area contributed by atoms with Gasteiger partial charge in [0, 0.05) is 6.04 Å². The molecule has 2 nitrogen and oxygen atoms in total. The zero-order chi connectivity index (χ0) is 8.81. The Morgan fingerprint density at radius 2 is 2.08 bits per heavy atom. The Hall–Kier alpha value is -0.0800. The molecule has 0 aromatic carbocycles. The second-order valence-electron chi connectivity index (χ2n) is 3.63. The summed E-state index contributed by atoms with van der Waals surface area (Å²) in [5.41, 5.74) is 0. The van der Waals surface area contributed by atoms with E-state index in [-0.39, 0.29) is 0 Å². The first-order chi connectivity index (χ1) is 5.86. The van der Waals surface area contributed by atoms with Crippen molar-refractivity contribution < 1.29 is 4.74 Å². The predicted octanol–water partition coefficient (Wildman–Crippen LogP) is 1.94. The minimum atomic E-state index is 0.547. The van der Waals surface area contributed by atoms with Crippen molar-refractivity contribution in [1.82, 2.24) is 5.32 Å². The maximum absolute atomic E-state index is 5.78. The van der Waals surface area contributed by atoms with Gasteiger partial charge in [0.1, 0.15) is 0 Å². The third-order valence-electron chi connectivity index (χ3n) is 2.74. The highest BCUT2D eigenvalue weighted by atomic mass is 16.5. The van der Waals surface area contributed by atoms with E-state index in [4.69, 9.17) is 4.74 Å². The summed E-state index contributed by atoms with van der Waals surface area (Å²) in [6, 6.07) is 0.547. The molecule has 0 spiro atoms. The van der Waals surface area contributed by atoms with Crippen molar-refractivity contribution in [3.63, 3.8) is 0 Å². The van der Waals surface area contributed by atoms with Gasteiger partial charge in [-0.1, -0.05) is 19.8 Å². The Bertz CT molecular complexity index is 104. The van der Waals surface area contributed by atoms with Gasteiger partial charge in [-0.3, -0.25) is 0 Å². The average molecular weight is 171 g/mol. The SMILES string of the molecule is CCC(COC1CCCC1)NC. The molecule has 1 rings (SSSR count). The Morgan fingerprint density at radius 1 is 1.42 bits per heavy atom. The lowest BCUT2D eigenvalue weighted by molar-refractivity contribution is 0.0435. The standard InChI is InChI=1S/C10H21NO/c1-3-9(11-2)8-12-10-6-4-5-7-10/h9-11H,3-8H2,1-2H3. The van der Waals surface area contributed by atoms with Crippen molar-refractivity contribution >= 4 is 0 Å². The minimum absolute atomic E-state index is 0.547. The smallest absolute Gasteiger partial charge is 0.0623 e. The zero-order valence-corrected chi connectivity index (χ0v) is 8.31. The largest absolute Gasteiger partial charge is 0.377 e. The molecule has 1 unspecified atom stereocenters. The molecule has 0 heterocycles. The highest BCUT2D eigenvalue weighted by Crippen LogP contribution is 2.20. The molecule has 72 valence electrons. The van der Waals surface area contributed by atoms with Crippen LogP contribution in [0.5, 0.6) is 0 Å². The van der Waals surface area contributed by atoms with Gasteiger partial charge < -0.3 is 10.1 Å². The summed E-state index contributed by atoms with van der Waals surface area (Å²) in [7, 11) is 2.01. The first kappa shape index (κ1) is 10.0. The summed E-state index contributed by atoms with van der Waals surface area (Å²) in [6.07, 6.45) is 7.00. The van der Waals surface area contributed by atoms with Crippen molar-refractivity contribution in [2.24, 2.45) is 0 Å². The molecule has 0 aromatic rings. The van der Waals surface area contributed by atoms with Gasteiger partial charge >= 0.3 is 0 Å². The molecule has 0 bridgehead atoms. The van der Waals surface area contributed by atoms with Crippen LogP contribution in [0.15, 0.2) is 0 Å². The number of rotatable bonds is 5. The number of nitrogens with one attached hydrogen (secondary N) is 1. The Kier molecular flexibility index (Phi) is 4.62. The molecule has 0 radical (unpaired) electrons. The number of ether oxygens (including phenoxy) is 1. The van der Waals surface area contributed by atoms with Gasteiger partial charge in [0.05, 0.1) is 12.7 Å². The summed E-state index contributed by atoms with van der Waals surface area (Å²) in [6.45, 7) is 3.08. The van der Waals surface area contributed by atoms with Crippen LogP contribution in [-0.4, -0.2) is 25.8 Å². The van der Waals surface area contributed by atoms with Gasteiger partial charge in [-0.25, -0.2) is 0 Å². The first-order valence-electron chi connectivity index (χ1n) is 5.15. The minimum Gasteiger partial charge on any atom is -0.377 e. The van der Waals surface area contributed by atoms with Crippen LogP contribution in [0.1, 0.15) is 39.0 Å². The number of likely N-dealkylation sites (N-methyl/N-ethyl adjacent to an activating group) is 1. The molecular weight excluding hydrogens is 150 g/mol. The van der Waals surface area contributed by atoms with E-state index >= 15 is 0 Å². The Balaban J connectivity index is 2.06. The molecule has 1 N–H and O–H groups in total. The highest BCUT2D eigenvalue weighted by molar-refractivity contribution is 4.69. The summed E-state index contributed by atoms with van der Waals surface area (Å²) in [4.78, 5) is 0. The molecule has 1 saturated carbocycles. The van der Waals surface area contributed by atoms with E-state index < -0.39 is 0 Å². The van der Waals surface area contributed by atoms with Gasteiger partial charge in [-0.05, 0) is 26.3 Å². The van der Waals surface area contributed by atoms with Crippen LogP contribution in [0, 0.1) is 0 Å². The third kappa shape index (κ3) is 3.11. The molecule has 12 heavy (non-hydrogen) atoms. The molecule has 1 aliphatic carbocycles. The van der Waals surface area contributed by atoms with Gasteiger partial charge in [0.25, 0.3) is 0 Å². The first-order valence-corrected chi connectivity index (χ1v) is 5.15. The van der Waals surface area contributed by atoms with Gasteiger partial charge in [0.2, 0.25) is 0 Å². The van der Waals surface area contributed by atoms with E-state index in [9.17, 15) is 0 Å². The number of hydrogen-bond acceptors (Lipinski definition) is 2. The molecule has 1 fully saturated rings. The lowest BCUT2D eigenvalue weighted by Gasteiger charge is -2.17. The Morgan fingerprint density at radius 3 is 2.58 bits per heavy atom. The maximum Gasteiger partial charge on any atom is 0.0623 e. The molecule has 0 aliphatic heterocycles. The highest BCUT2D eigenvalue weighted by Gasteiger charge is 2.16. The van der Waals surface area contributed by atoms with Crippen LogP contribution in [0.4, 0.5) is 0 Å². The molecule has 1 atom stereocenters. The molecule has 0 aromatic heterocycles. The van der Waals surface area contributed by atoms with Crippen LogP contribution in [0.25, 0.3) is 0 Å². The third-order valence-corrected chi connectivity index (χ3v) is 2.74. The van der Waals surface area contributed by atoms with Crippen molar-refractivity contribution in [2.45, 2.75) is 51.2 Å². The van der Waals surface area contributed by atoms with Crippen molar-refractivity contribution in [2.75, 3.05) is 13.7 Å². The van der Waals surface area contributed by atoms with E-state index in [1.54, 1.807) is 0 Å². The van der Waals surface area contributed by atoms with Crippen LogP contribution < -0.4 is 5.32 Å². The fourth-order valence-electron chi connectivity index (χ4n) is 1.71. The molecule has 0 saturated heterocycles. The summed E-state index contributed by atoms with van der Waals surface area (Å²) in [5, 5.41) is 3.25. The van der Waals surface area contributed by atoms with E-state index in [1.165, 1.54) is 25.7 Å². The lowest BCUT2D eigenvalue weighted by atomic mass is 10.2. The summed E-state index contributed by atoms with van der Waals surface area (Å²) >= 11 is 0. The zero-order valence-electron chi connectivity index (χ0n) is 8.31. The topological polar surface area (TPSA) is 21.3 Å². The van der Waals surface area contributed by atoms with Gasteiger partial charge in [-0.2, -0.15) is 0 Å². The number of hydrogen-bond donors (Lipinski definition) is 1. The predicted molar refractivity (Wildman–Crippen MR) is 51.3 cm³/mol. The van der Waals surface area contributed by atoms with Crippen LogP contribution >= 0.6 is 0 Å².